The topological polar surface area (TPSA) is 83.8 Å². The van der Waals surface area contributed by atoms with Crippen molar-refractivity contribution in [3.8, 4) is 11.5 Å². The highest BCUT2D eigenvalue weighted by atomic mass is 32.1. The van der Waals surface area contributed by atoms with E-state index in [1.54, 1.807) is 25.3 Å². The molecule has 204 valence electrons. The average Bonchev–Trinajstić information content (AvgIpc) is 3.40. The third-order valence-corrected chi connectivity index (χ3v) is 7.23. The van der Waals surface area contributed by atoms with Crippen molar-refractivity contribution in [3.05, 3.63) is 99.7 Å². The second kappa shape index (κ2) is 13.4. The largest absolute Gasteiger partial charge is 0.431 e. The summed E-state index contributed by atoms with van der Waals surface area (Å²) in [5, 5.41) is 20.9. The van der Waals surface area contributed by atoms with Gasteiger partial charge in [0.1, 0.15) is 10.6 Å². The molecule has 2 unspecified atom stereocenters. The first-order chi connectivity index (χ1) is 18.2. The minimum Gasteiger partial charge on any atom is -0.431 e. The van der Waals surface area contributed by atoms with Gasteiger partial charge >= 0.3 is 13.2 Å². The Hall–Kier alpha value is -3.41. The molecule has 2 aromatic carbocycles. The predicted octanol–water partition coefficient (Wildman–Crippen LogP) is 6.95. The van der Waals surface area contributed by atoms with Crippen molar-refractivity contribution in [1.29, 1.82) is 0 Å². The SMILES string of the molecule is C/C=C(\C=C/NO)CC(c1ccc(OC(F)F)c(OC(F)F)c1)c1cnc(C(O)(CC)c2ccccc2)s1. The molecule has 0 fully saturated rings. The van der Waals surface area contributed by atoms with Crippen LogP contribution in [0.5, 0.6) is 11.5 Å². The Morgan fingerprint density at radius 2 is 1.76 bits per heavy atom. The van der Waals surface area contributed by atoms with E-state index >= 15 is 0 Å². The number of aromatic nitrogens is 1. The van der Waals surface area contributed by atoms with Crippen molar-refractivity contribution < 1.29 is 37.3 Å². The summed E-state index contributed by atoms with van der Waals surface area (Å²) in [6, 6.07) is 13.0. The number of rotatable bonds is 13. The number of alkyl halides is 4. The van der Waals surface area contributed by atoms with Gasteiger partial charge in [0, 0.05) is 23.2 Å². The summed E-state index contributed by atoms with van der Waals surface area (Å²) in [6.45, 7) is -2.85. The van der Waals surface area contributed by atoms with E-state index in [0.29, 0.717) is 33.9 Å². The van der Waals surface area contributed by atoms with Gasteiger partial charge in [-0.25, -0.2) is 4.98 Å². The van der Waals surface area contributed by atoms with Crippen LogP contribution in [0.1, 0.15) is 53.6 Å². The summed E-state index contributed by atoms with van der Waals surface area (Å²) in [6.07, 6.45) is 7.04. The quantitative estimate of drug-likeness (QED) is 0.121. The van der Waals surface area contributed by atoms with Crippen LogP contribution in [-0.4, -0.2) is 28.5 Å². The number of hydrogen-bond acceptors (Lipinski definition) is 7. The van der Waals surface area contributed by atoms with Gasteiger partial charge in [0.15, 0.2) is 11.5 Å². The van der Waals surface area contributed by atoms with E-state index in [0.717, 1.165) is 11.6 Å². The van der Waals surface area contributed by atoms with E-state index in [1.165, 1.54) is 29.7 Å². The molecule has 0 aliphatic rings. The first-order valence-electron chi connectivity index (χ1n) is 11.7. The molecule has 2 atom stereocenters. The Bertz CT molecular complexity index is 1240. The monoisotopic (exact) mass is 552 g/mol. The van der Waals surface area contributed by atoms with Gasteiger partial charge in [-0.2, -0.15) is 17.6 Å². The van der Waals surface area contributed by atoms with E-state index < -0.39 is 36.2 Å². The highest BCUT2D eigenvalue weighted by molar-refractivity contribution is 7.11. The van der Waals surface area contributed by atoms with Crippen LogP contribution in [0, 0.1) is 0 Å². The summed E-state index contributed by atoms with van der Waals surface area (Å²) in [7, 11) is 0. The van der Waals surface area contributed by atoms with Gasteiger partial charge in [0.25, 0.3) is 0 Å². The zero-order chi connectivity index (χ0) is 27.7. The molecule has 0 spiro atoms. The molecule has 0 aliphatic heterocycles. The molecule has 38 heavy (non-hydrogen) atoms. The fourth-order valence-electron chi connectivity index (χ4n) is 4.00. The van der Waals surface area contributed by atoms with Crippen LogP contribution in [0.3, 0.4) is 0 Å². The fourth-order valence-corrected chi connectivity index (χ4v) is 5.23. The molecule has 11 heteroatoms. The second-order valence-electron chi connectivity index (χ2n) is 8.19. The van der Waals surface area contributed by atoms with Gasteiger partial charge in [0.2, 0.25) is 0 Å². The number of halogens is 4. The maximum Gasteiger partial charge on any atom is 0.387 e. The molecule has 1 aromatic heterocycles. The van der Waals surface area contributed by atoms with Crippen LogP contribution in [0.15, 0.2) is 78.7 Å². The fraction of sp³-hybridized carbons (Fsp3) is 0.296. The molecular weight excluding hydrogens is 524 g/mol. The van der Waals surface area contributed by atoms with Crippen molar-refractivity contribution in [2.45, 2.75) is 51.4 Å². The molecule has 3 N–H and O–H groups in total. The van der Waals surface area contributed by atoms with Crippen molar-refractivity contribution in [2.24, 2.45) is 0 Å². The van der Waals surface area contributed by atoms with Crippen LogP contribution in [0.25, 0.3) is 0 Å². The molecule has 0 aliphatic carbocycles. The lowest BCUT2D eigenvalue weighted by molar-refractivity contribution is -0.0692. The third-order valence-electron chi connectivity index (χ3n) is 5.97. The molecule has 3 rings (SSSR count). The molecular formula is C27H28F4N2O4S. The molecule has 0 radical (unpaired) electrons. The molecule has 0 saturated carbocycles. The van der Waals surface area contributed by atoms with Crippen molar-refractivity contribution in [2.75, 3.05) is 0 Å². The maximum atomic E-state index is 13.1. The average molecular weight is 553 g/mol. The number of benzene rings is 2. The molecule has 3 aromatic rings. The number of nitrogens with zero attached hydrogens (tertiary/aromatic N) is 1. The Labute approximate surface area is 221 Å². The normalized spacial score (nSPS) is 14.6. The minimum absolute atomic E-state index is 0.329. The minimum atomic E-state index is -3.26. The summed E-state index contributed by atoms with van der Waals surface area (Å²) >= 11 is 1.26. The van der Waals surface area contributed by atoms with Crippen LogP contribution in [0.4, 0.5) is 17.6 Å². The number of ether oxygens (including phenoxy) is 2. The first kappa shape index (κ1) is 29.2. The first-order valence-corrected chi connectivity index (χ1v) is 12.5. The number of allylic oxidation sites excluding steroid dienone is 3. The Morgan fingerprint density at radius 3 is 2.37 bits per heavy atom. The summed E-state index contributed by atoms with van der Waals surface area (Å²) in [4.78, 5) is 5.20. The zero-order valence-electron chi connectivity index (χ0n) is 20.7. The third kappa shape index (κ3) is 7.12. The summed E-state index contributed by atoms with van der Waals surface area (Å²) in [5.74, 6) is -1.54. The van der Waals surface area contributed by atoms with Crippen LogP contribution in [0.2, 0.25) is 0 Å². The molecule has 1 heterocycles. The standard InChI is InChI=1S/C27H28F4N2O4S/c1-3-17(12-13-33-35)14-20(18-10-11-21(36-25(28)29)22(15-18)37-26(30)31)23-16-32-24(38-23)27(34,4-2)19-8-6-5-7-9-19/h3,5-13,15-16,20,25-26,33-35H,4,14H2,1-2H3/b13-12-,17-3+. The van der Waals surface area contributed by atoms with Gasteiger partial charge in [0.05, 0.1) is 0 Å². The van der Waals surface area contributed by atoms with Crippen molar-refractivity contribution in [3.63, 3.8) is 0 Å². The second-order valence-corrected chi connectivity index (χ2v) is 9.26. The molecule has 6 nitrogen and oxygen atoms in total. The van der Waals surface area contributed by atoms with Crippen molar-refractivity contribution in [1.82, 2.24) is 10.5 Å². The predicted molar refractivity (Wildman–Crippen MR) is 136 cm³/mol. The molecule has 0 saturated heterocycles. The number of thiazole rings is 1. The maximum absolute atomic E-state index is 13.1. The summed E-state index contributed by atoms with van der Waals surface area (Å²) < 4.78 is 60.7. The van der Waals surface area contributed by atoms with Gasteiger partial charge in [-0.3, -0.25) is 10.7 Å². The van der Waals surface area contributed by atoms with Crippen LogP contribution >= 0.6 is 11.3 Å². The van der Waals surface area contributed by atoms with E-state index in [4.69, 9.17) is 5.21 Å². The number of hydroxylamine groups is 1. The number of hydrogen-bond donors (Lipinski definition) is 3. The Balaban J connectivity index is 2.10. The van der Waals surface area contributed by atoms with Crippen molar-refractivity contribution >= 4 is 11.3 Å². The lowest BCUT2D eigenvalue weighted by atomic mass is 9.90. The van der Waals surface area contributed by atoms with E-state index in [2.05, 4.69) is 14.5 Å². The zero-order valence-corrected chi connectivity index (χ0v) is 21.5. The van der Waals surface area contributed by atoms with Gasteiger partial charge in [-0.15, -0.1) is 11.3 Å². The van der Waals surface area contributed by atoms with E-state index in [-0.39, 0.29) is 0 Å². The Kier molecular flexibility index (Phi) is 10.3. The smallest absolute Gasteiger partial charge is 0.387 e. The molecule has 0 amide bonds. The van der Waals surface area contributed by atoms with Crippen LogP contribution < -0.4 is 15.0 Å². The summed E-state index contributed by atoms with van der Waals surface area (Å²) in [5.41, 5.74) is 2.50. The highest BCUT2D eigenvalue weighted by Crippen LogP contribution is 2.42. The highest BCUT2D eigenvalue weighted by Gasteiger charge is 2.34. The van der Waals surface area contributed by atoms with Gasteiger partial charge in [-0.05, 0) is 54.7 Å². The lowest BCUT2D eigenvalue weighted by Gasteiger charge is -2.25. The van der Waals surface area contributed by atoms with E-state index in [9.17, 15) is 22.7 Å². The number of nitrogens with one attached hydrogen (secondary N) is 1. The molecule has 0 bridgehead atoms. The lowest BCUT2D eigenvalue weighted by Crippen LogP contribution is -2.25. The van der Waals surface area contributed by atoms with E-state index in [1.807, 2.05) is 42.7 Å². The Morgan fingerprint density at radius 1 is 1.08 bits per heavy atom. The van der Waals surface area contributed by atoms with Gasteiger partial charge in [-0.1, -0.05) is 49.4 Å². The van der Waals surface area contributed by atoms with Crippen LogP contribution in [-0.2, 0) is 5.60 Å². The number of aliphatic hydroxyl groups is 1. The van der Waals surface area contributed by atoms with Gasteiger partial charge < -0.3 is 14.6 Å².